The molecule has 0 saturated carbocycles. The Kier molecular flexibility index (Phi) is 6.46. The Hall–Kier alpha value is -3.41. The van der Waals surface area contributed by atoms with Crippen LogP contribution >= 0.6 is 0 Å². The summed E-state index contributed by atoms with van der Waals surface area (Å²) in [5.74, 6) is 1.53. The maximum absolute atomic E-state index is 12.5. The van der Waals surface area contributed by atoms with E-state index in [1.165, 1.54) is 11.1 Å². The second-order valence-electron chi connectivity index (χ2n) is 7.95. The molecule has 1 amide bonds. The van der Waals surface area contributed by atoms with Crippen LogP contribution in [0.15, 0.2) is 60.9 Å². The number of nitrogens with zero attached hydrogens (tertiary/aromatic N) is 4. The molecule has 0 spiro atoms. The molecule has 0 unspecified atom stereocenters. The second-order valence-corrected chi connectivity index (χ2v) is 7.95. The lowest BCUT2D eigenvalue weighted by molar-refractivity contribution is 0.149. The van der Waals surface area contributed by atoms with E-state index < -0.39 is 0 Å². The van der Waals surface area contributed by atoms with Crippen LogP contribution in [0.25, 0.3) is 0 Å². The van der Waals surface area contributed by atoms with Crippen molar-refractivity contribution in [3.8, 4) is 5.75 Å². The van der Waals surface area contributed by atoms with Gasteiger partial charge >= 0.3 is 6.09 Å². The summed E-state index contributed by atoms with van der Waals surface area (Å²) in [5, 5.41) is 0. The molecule has 1 aromatic carbocycles. The number of aryl methyl sites for hydroxylation is 4. The first-order valence-corrected chi connectivity index (χ1v) is 10.7. The molecule has 31 heavy (non-hydrogen) atoms. The molecule has 0 atom stereocenters. The number of hydrogen-bond donors (Lipinski definition) is 0. The van der Waals surface area contributed by atoms with Gasteiger partial charge in [0.05, 0.1) is 0 Å². The summed E-state index contributed by atoms with van der Waals surface area (Å²) >= 11 is 0. The fourth-order valence-electron chi connectivity index (χ4n) is 3.70. The molecule has 3 heterocycles. The van der Waals surface area contributed by atoms with Crippen LogP contribution < -0.4 is 9.64 Å². The Balaban J connectivity index is 1.26. The zero-order chi connectivity index (χ0) is 21.6. The standard InChI is InChI=1S/C25H28N4O2/c1-19-5-12-24(27-18-19)28-14-16-29(17-15-28)25(30)31-22-9-6-21(7-10-22)8-11-23-20(2)4-3-13-26-23/h3-7,9-10,12-13,18H,8,11,14-17H2,1-2H3. The zero-order valence-electron chi connectivity index (χ0n) is 18.1. The second kappa shape index (κ2) is 9.60. The van der Waals surface area contributed by atoms with Gasteiger partial charge in [0.15, 0.2) is 0 Å². The SMILES string of the molecule is Cc1ccc(N2CCN(C(=O)Oc3ccc(CCc4ncccc4C)cc3)CC2)nc1. The highest BCUT2D eigenvalue weighted by Crippen LogP contribution is 2.18. The molecule has 0 bridgehead atoms. The number of piperazine rings is 1. The van der Waals surface area contributed by atoms with Gasteiger partial charge < -0.3 is 14.5 Å². The first-order chi connectivity index (χ1) is 15.1. The van der Waals surface area contributed by atoms with Crippen molar-refractivity contribution in [3.63, 3.8) is 0 Å². The van der Waals surface area contributed by atoms with Crippen molar-refractivity contribution in [1.82, 2.24) is 14.9 Å². The molecule has 1 fully saturated rings. The van der Waals surface area contributed by atoms with Crippen molar-refractivity contribution in [2.75, 3.05) is 31.1 Å². The van der Waals surface area contributed by atoms with Gasteiger partial charge in [-0.15, -0.1) is 0 Å². The van der Waals surface area contributed by atoms with Gasteiger partial charge in [0.1, 0.15) is 11.6 Å². The summed E-state index contributed by atoms with van der Waals surface area (Å²) in [4.78, 5) is 25.4. The number of hydrogen-bond acceptors (Lipinski definition) is 5. The van der Waals surface area contributed by atoms with Crippen LogP contribution in [0.4, 0.5) is 10.6 Å². The van der Waals surface area contributed by atoms with E-state index in [1.807, 2.05) is 55.7 Å². The van der Waals surface area contributed by atoms with E-state index in [9.17, 15) is 4.79 Å². The Morgan fingerprint density at radius 2 is 1.71 bits per heavy atom. The first-order valence-electron chi connectivity index (χ1n) is 10.7. The number of ether oxygens (including phenoxy) is 1. The summed E-state index contributed by atoms with van der Waals surface area (Å²) in [6.45, 7) is 6.85. The van der Waals surface area contributed by atoms with Gasteiger partial charge in [-0.2, -0.15) is 0 Å². The van der Waals surface area contributed by atoms with Crippen LogP contribution in [0.2, 0.25) is 0 Å². The normalized spacial score (nSPS) is 13.9. The number of carbonyl (C=O) groups is 1. The summed E-state index contributed by atoms with van der Waals surface area (Å²) < 4.78 is 5.59. The highest BCUT2D eigenvalue weighted by Gasteiger charge is 2.23. The van der Waals surface area contributed by atoms with Crippen molar-refractivity contribution < 1.29 is 9.53 Å². The molecule has 2 aromatic heterocycles. The minimum atomic E-state index is -0.298. The lowest BCUT2D eigenvalue weighted by Crippen LogP contribution is -2.49. The smallest absolute Gasteiger partial charge is 0.410 e. The molecule has 160 valence electrons. The van der Waals surface area contributed by atoms with Crippen molar-refractivity contribution in [2.45, 2.75) is 26.7 Å². The van der Waals surface area contributed by atoms with Crippen molar-refractivity contribution in [1.29, 1.82) is 0 Å². The maximum atomic E-state index is 12.5. The predicted molar refractivity (Wildman–Crippen MR) is 122 cm³/mol. The van der Waals surface area contributed by atoms with Crippen LogP contribution in [-0.2, 0) is 12.8 Å². The number of carbonyl (C=O) groups excluding carboxylic acids is 1. The van der Waals surface area contributed by atoms with Crippen LogP contribution in [0.5, 0.6) is 5.75 Å². The lowest BCUT2D eigenvalue weighted by Gasteiger charge is -2.34. The van der Waals surface area contributed by atoms with E-state index >= 15 is 0 Å². The Morgan fingerprint density at radius 3 is 2.39 bits per heavy atom. The molecular formula is C25H28N4O2. The molecule has 4 rings (SSSR count). The van der Waals surface area contributed by atoms with Crippen molar-refractivity contribution >= 4 is 11.9 Å². The maximum Gasteiger partial charge on any atom is 0.415 e. The first kappa shape index (κ1) is 20.8. The van der Waals surface area contributed by atoms with Gasteiger partial charge in [-0.25, -0.2) is 9.78 Å². The monoisotopic (exact) mass is 416 g/mol. The van der Waals surface area contributed by atoms with Gasteiger partial charge in [0.25, 0.3) is 0 Å². The lowest BCUT2D eigenvalue weighted by atomic mass is 10.1. The number of rotatable bonds is 5. The highest BCUT2D eigenvalue weighted by molar-refractivity contribution is 5.71. The average Bonchev–Trinajstić information content (AvgIpc) is 2.80. The van der Waals surface area contributed by atoms with Crippen LogP contribution in [0.3, 0.4) is 0 Å². The Bertz CT molecular complexity index is 1010. The fraction of sp³-hybridized carbons (Fsp3) is 0.320. The summed E-state index contributed by atoms with van der Waals surface area (Å²) in [7, 11) is 0. The largest absolute Gasteiger partial charge is 0.415 e. The van der Waals surface area contributed by atoms with Crippen LogP contribution in [-0.4, -0.2) is 47.1 Å². The molecule has 0 aliphatic carbocycles. The van der Waals surface area contributed by atoms with Crippen molar-refractivity contribution in [3.05, 3.63) is 83.3 Å². The zero-order valence-corrected chi connectivity index (χ0v) is 18.1. The summed E-state index contributed by atoms with van der Waals surface area (Å²) in [6.07, 6.45) is 5.21. The topological polar surface area (TPSA) is 58.6 Å². The van der Waals surface area contributed by atoms with E-state index in [1.54, 1.807) is 4.90 Å². The summed E-state index contributed by atoms with van der Waals surface area (Å²) in [5.41, 5.74) is 4.68. The molecule has 0 N–H and O–H groups in total. The van der Waals surface area contributed by atoms with Gasteiger partial charge in [-0.1, -0.05) is 24.3 Å². The van der Waals surface area contributed by atoms with E-state index in [-0.39, 0.29) is 6.09 Å². The number of benzene rings is 1. The molecular weight excluding hydrogens is 388 g/mol. The summed E-state index contributed by atoms with van der Waals surface area (Å²) in [6, 6.07) is 15.9. The Morgan fingerprint density at radius 1 is 0.935 bits per heavy atom. The Labute approximate surface area is 183 Å². The number of anilines is 1. The van der Waals surface area contributed by atoms with Crippen LogP contribution in [0, 0.1) is 13.8 Å². The minimum absolute atomic E-state index is 0.298. The van der Waals surface area contributed by atoms with E-state index in [2.05, 4.69) is 33.9 Å². The molecule has 0 radical (unpaired) electrons. The minimum Gasteiger partial charge on any atom is -0.410 e. The van der Waals surface area contributed by atoms with Gasteiger partial charge in [-0.05, 0) is 67.6 Å². The molecule has 1 aliphatic heterocycles. The highest BCUT2D eigenvalue weighted by atomic mass is 16.6. The molecule has 3 aromatic rings. The van der Waals surface area contributed by atoms with Crippen molar-refractivity contribution in [2.24, 2.45) is 0 Å². The van der Waals surface area contributed by atoms with Gasteiger partial charge in [0.2, 0.25) is 0 Å². The third kappa shape index (κ3) is 5.40. The van der Waals surface area contributed by atoms with Crippen LogP contribution in [0.1, 0.15) is 22.4 Å². The van der Waals surface area contributed by atoms with Gasteiger partial charge in [0, 0.05) is 44.3 Å². The van der Waals surface area contributed by atoms with Gasteiger partial charge in [-0.3, -0.25) is 4.98 Å². The van der Waals surface area contributed by atoms with E-state index in [0.29, 0.717) is 18.8 Å². The number of aromatic nitrogens is 2. The van der Waals surface area contributed by atoms with E-state index in [4.69, 9.17) is 4.74 Å². The quantitative estimate of drug-likeness (QED) is 0.624. The number of pyridine rings is 2. The molecule has 6 heteroatoms. The van der Waals surface area contributed by atoms with E-state index in [0.717, 1.165) is 43.0 Å². The third-order valence-electron chi connectivity index (χ3n) is 5.65. The average molecular weight is 417 g/mol. The molecule has 1 saturated heterocycles. The number of amides is 1. The fourth-order valence-corrected chi connectivity index (χ4v) is 3.70. The molecule has 6 nitrogen and oxygen atoms in total. The molecule has 1 aliphatic rings. The predicted octanol–water partition coefficient (Wildman–Crippen LogP) is 4.20. The third-order valence-corrected chi connectivity index (χ3v) is 5.65.